The molecule has 1 aromatic rings. The van der Waals surface area contributed by atoms with Gasteiger partial charge in [0, 0.05) is 0 Å². The molecule has 2 atom stereocenters. The van der Waals surface area contributed by atoms with Crippen molar-refractivity contribution in [3.05, 3.63) is 35.9 Å². The zero-order valence-electron chi connectivity index (χ0n) is 10.8. The molecule has 3 N–H and O–H groups in total. The molecule has 21 heavy (non-hydrogen) atoms. The normalized spacial score (nSPS) is 14.2. The molecule has 7 nitrogen and oxygen atoms in total. The Balaban J connectivity index is 2.64. The minimum atomic E-state index is -4.58. The summed E-state index contributed by atoms with van der Waals surface area (Å²) in [6, 6.07) is 5.92. The van der Waals surface area contributed by atoms with Crippen molar-refractivity contribution in [1.82, 2.24) is 5.32 Å². The summed E-state index contributed by atoms with van der Waals surface area (Å²) in [6.45, 7) is 0. The highest BCUT2D eigenvalue weighted by molar-refractivity contribution is 7.85. The van der Waals surface area contributed by atoms with Crippen LogP contribution in [-0.2, 0) is 19.7 Å². The maximum Gasteiger partial charge on any atom is 0.327 e. The van der Waals surface area contributed by atoms with E-state index in [1.807, 2.05) is 5.32 Å². The molecule has 0 bridgehead atoms. The highest BCUT2D eigenvalue weighted by Gasteiger charge is 2.26. The van der Waals surface area contributed by atoms with E-state index in [0.29, 0.717) is 0 Å². The van der Waals surface area contributed by atoms with Crippen molar-refractivity contribution in [3.8, 4) is 0 Å². The number of halogens is 1. The zero-order valence-corrected chi connectivity index (χ0v) is 11.6. The zero-order chi connectivity index (χ0) is 16.0. The van der Waals surface area contributed by atoms with Crippen LogP contribution in [-0.4, -0.2) is 41.7 Å². The molecule has 9 heteroatoms. The van der Waals surface area contributed by atoms with Crippen molar-refractivity contribution >= 4 is 22.0 Å². The van der Waals surface area contributed by atoms with E-state index < -0.39 is 46.4 Å². The monoisotopic (exact) mass is 319 g/mol. The Labute approximate surface area is 120 Å². The molecule has 1 unspecified atom stereocenters. The highest BCUT2D eigenvalue weighted by Crippen LogP contribution is 2.20. The summed E-state index contributed by atoms with van der Waals surface area (Å²) in [4.78, 5) is 22.3. The van der Waals surface area contributed by atoms with Gasteiger partial charge in [-0.05, 0) is 5.56 Å². The molecule has 1 aromatic carbocycles. The highest BCUT2D eigenvalue weighted by atomic mass is 32.2. The Hall–Kier alpha value is -2.00. The van der Waals surface area contributed by atoms with E-state index >= 15 is 0 Å². The molecule has 0 radical (unpaired) electrons. The van der Waals surface area contributed by atoms with E-state index in [2.05, 4.69) is 0 Å². The number of carbonyl (C=O) groups is 2. The Morgan fingerprint density at radius 2 is 1.81 bits per heavy atom. The maximum absolute atomic E-state index is 13.8. The number of benzene rings is 1. The quantitative estimate of drug-likeness (QED) is 0.631. The van der Waals surface area contributed by atoms with E-state index in [1.165, 1.54) is 12.1 Å². The third-order valence-electron chi connectivity index (χ3n) is 2.54. The van der Waals surface area contributed by atoms with Crippen molar-refractivity contribution < 1.29 is 32.1 Å². The largest absolute Gasteiger partial charge is 0.480 e. The van der Waals surface area contributed by atoms with E-state index in [1.54, 1.807) is 18.2 Å². The van der Waals surface area contributed by atoms with Gasteiger partial charge in [0.15, 0.2) is 0 Å². The molecule has 0 heterocycles. The van der Waals surface area contributed by atoms with Gasteiger partial charge < -0.3 is 10.4 Å². The molecule has 0 saturated heterocycles. The summed E-state index contributed by atoms with van der Waals surface area (Å²) in [5, 5.41) is 10.6. The summed E-state index contributed by atoms with van der Waals surface area (Å²) in [5.74, 6) is -3.80. The van der Waals surface area contributed by atoms with Gasteiger partial charge in [-0.15, -0.1) is 0 Å². The lowest BCUT2D eigenvalue weighted by atomic mass is 10.1. The number of hydrogen-bond acceptors (Lipinski definition) is 4. The van der Waals surface area contributed by atoms with Crippen LogP contribution in [0.5, 0.6) is 0 Å². The maximum atomic E-state index is 13.8. The van der Waals surface area contributed by atoms with Crippen LogP contribution in [0.15, 0.2) is 30.3 Å². The van der Waals surface area contributed by atoms with Crippen molar-refractivity contribution in [1.29, 1.82) is 0 Å². The minimum absolute atomic E-state index is 0.245. The van der Waals surface area contributed by atoms with Gasteiger partial charge in [-0.2, -0.15) is 8.42 Å². The third kappa shape index (κ3) is 6.32. The molecule has 0 aliphatic heterocycles. The summed E-state index contributed by atoms with van der Waals surface area (Å²) < 4.78 is 43.7. The number of carboxylic acids is 1. The van der Waals surface area contributed by atoms with Gasteiger partial charge in [0.05, 0.1) is 6.42 Å². The first-order valence-corrected chi connectivity index (χ1v) is 7.46. The SMILES string of the molecule is O=C(CC(F)c1ccccc1)N[C@@H](CS(=O)(=O)O)C(=O)O. The summed E-state index contributed by atoms with van der Waals surface area (Å²) in [6.07, 6.45) is -2.30. The minimum Gasteiger partial charge on any atom is -0.480 e. The van der Waals surface area contributed by atoms with E-state index in [4.69, 9.17) is 9.66 Å². The van der Waals surface area contributed by atoms with Gasteiger partial charge >= 0.3 is 5.97 Å². The Morgan fingerprint density at radius 3 is 2.29 bits per heavy atom. The number of rotatable bonds is 7. The fourth-order valence-corrected chi connectivity index (χ4v) is 2.23. The molecular formula is C12H14FNO6S. The lowest BCUT2D eigenvalue weighted by Gasteiger charge is -2.14. The molecule has 1 amide bonds. The smallest absolute Gasteiger partial charge is 0.327 e. The van der Waals surface area contributed by atoms with Crippen molar-refractivity contribution in [3.63, 3.8) is 0 Å². The fourth-order valence-electron chi connectivity index (χ4n) is 1.58. The van der Waals surface area contributed by atoms with Crippen LogP contribution in [0, 0.1) is 0 Å². The van der Waals surface area contributed by atoms with Crippen LogP contribution in [0.1, 0.15) is 18.2 Å². The van der Waals surface area contributed by atoms with Crippen molar-refractivity contribution in [2.75, 3.05) is 5.75 Å². The number of carboxylic acid groups (broad SMARTS) is 1. The summed E-state index contributed by atoms with van der Waals surface area (Å²) >= 11 is 0. The number of nitrogens with one attached hydrogen (secondary N) is 1. The average Bonchev–Trinajstić information content (AvgIpc) is 2.37. The van der Waals surface area contributed by atoms with Crippen molar-refractivity contribution in [2.45, 2.75) is 18.6 Å². The molecule has 0 saturated carbocycles. The van der Waals surface area contributed by atoms with Crippen molar-refractivity contribution in [2.24, 2.45) is 0 Å². The van der Waals surface area contributed by atoms with E-state index in [0.717, 1.165) is 0 Å². The van der Waals surface area contributed by atoms with Gasteiger partial charge in [-0.25, -0.2) is 9.18 Å². The molecule has 116 valence electrons. The van der Waals surface area contributed by atoms with Crippen LogP contribution in [0.3, 0.4) is 0 Å². The lowest BCUT2D eigenvalue weighted by molar-refractivity contribution is -0.141. The Bertz CT molecular complexity index is 603. The molecule has 1 rings (SSSR count). The Kier molecular flexibility index (Phi) is 5.79. The predicted octanol–water partition coefficient (Wildman–Crippen LogP) is 0.544. The first-order chi connectivity index (χ1) is 9.69. The standard InChI is InChI=1S/C12H14FNO6S/c13-9(8-4-2-1-3-5-8)6-11(15)14-10(12(16)17)7-21(18,19)20/h1-5,9-10H,6-7H2,(H,14,15)(H,16,17)(H,18,19,20)/t9?,10-/m0/s1. The van der Waals surface area contributed by atoms with E-state index in [-0.39, 0.29) is 5.56 Å². The lowest BCUT2D eigenvalue weighted by Crippen LogP contribution is -2.45. The molecule has 0 aliphatic rings. The van der Waals surface area contributed by atoms with Crippen LogP contribution in [0.25, 0.3) is 0 Å². The first-order valence-electron chi connectivity index (χ1n) is 5.85. The summed E-state index contributed by atoms with van der Waals surface area (Å²) in [7, 11) is -4.58. The Morgan fingerprint density at radius 1 is 1.24 bits per heavy atom. The average molecular weight is 319 g/mol. The van der Waals surface area contributed by atoms with Gasteiger partial charge in [0.1, 0.15) is 18.0 Å². The number of aliphatic carboxylic acids is 1. The number of amides is 1. The third-order valence-corrected chi connectivity index (χ3v) is 3.29. The second kappa shape index (κ2) is 7.14. The number of alkyl halides is 1. The number of hydrogen-bond donors (Lipinski definition) is 3. The summed E-state index contributed by atoms with van der Waals surface area (Å²) in [5.41, 5.74) is 0.245. The molecular weight excluding hydrogens is 305 g/mol. The van der Waals surface area contributed by atoms with Gasteiger partial charge in [0.2, 0.25) is 5.91 Å². The van der Waals surface area contributed by atoms with Crippen LogP contribution in [0.4, 0.5) is 4.39 Å². The van der Waals surface area contributed by atoms with Gasteiger partial charge in [0.25, 0.3) is 10.1 Å². The second-order valence-electron chi connectivity index (χ2n) is 4.29. The van der Waals surface area contributed by atoms with Gasteiger partial charge in [-0.1, -0.05) is 30.3 Å². The first kappa shape index (κ1) is 17.1. The fraction of sp³-hybridized carbons (Fsp3) is 0.333. The van der Waals surface area contributed by atoms with Crippen LogP contribution in [0.2, 0.25) is 0 Å². The predicted molar refractivity (Wildman–Crippen MR) is 70.9 cm³/mol. The van der Waals surface area contributed by atoms with Crippen LogP contribution < -0.4 is 5.32 Å². The molecule has 0 fully saturated rings. The molecule has 0 spiro atoms. The molecule has 0 aliphatic carbocycles. The van der Waals surface area contributed by atoms with Crippen LogP contribution >= 0.6 is 0 Å². The second-order valence-corrected chi connectivity index (χ2v) is 5.79. The van der Waals surface area contributed by atoms with Gasteiger partial charge in [-0.3, -0.25) is 9.35 Å². The topological polar surface area (TPSA) is 121 Å². The van der Waals surface area contributed by atoms with E-state index in [9.17, 15) is 22.4 Å². The number of carbonyl (C=O) groups excluding carboxylic acids is 1. The molecule has 0 aromatic heterocycles.